The number of Topliss-reactive ketones (excluding diaryl/α,β-unsaturated/α-hetero) is 1. The van der Waals surface area contributed by atoms with E-state index in [1.807, 2.05) is 0 Å². The Morgan fingerprint density at radius 1 is 1.32 bits per heavy atom. The molecular weight excluding hydrogens is 378 g/mol. The fourth-order valence-electron chi connectivity index (χ4n) is 3.13. The number of aliphatic hydroxyl groups is 4. The molecule has 11 nitrogen and oxygen atoms in total. The van der Waals surface area contributed by atoms with Crippen molar-refractivity contribution in [2.24, 2.45) is 11.7 Å². The zero-order chi connectivity index (χ0) is 21.6. The van der Waals surface area contributed by atoms with E-state index in [0.29, 0.717) is 0 Å². The van der Waals surface area contributed by atoms with E-state index in [2.05, 4.69) is 0 Å². The van der Waals surface area contributed by atoms with Crippen molar-refractivity contribution in [3.8, 4) is 0 Å². The predicted octanol–water partition coefficient (Wildman–Crippen LogP) is -2.10. The molecule has 1 fully saturated rings. The molecule has 162 valence electrons. The molecule has 28 heavy (non-hydrogen) atoms. The summed E-state index contributed by atoms with van der Waals surface area (Å²) in [5.74, 6) is -5.87. The number of ether oxygens (including phenoxy) is 2. The number of hydrogen-bond donors (Lipinski definition) is 6. The molecule has 1 saturated heterocycles. The molecule has 1 rings (SSSR count). The van der Waals surface area contributed by atoms with Crippen molar-refractivity contribution in [1.82, 2.24) is 0 Å². The Morgan fingerprint density at radius 3 is 2.43 bits per heavy atom. The molecule has 0 aromatic rings. The minimum Gasteiger partial charge on any atom is -0.481 e. The predicted molar refractivity (Wildman–Crippen MR) is 92.7 cm³/mol. The van der Waals surface area contributed by atoms with Crippen LogP contribution in [0.15, 0.2) is 0 Å². The third-order valence-electron chi connectivity index (χ3n) is 4.71. The normalized spacial score (nSPS) is 30.9. The van der Waals surface area contributed by atoms with Crippen molar-refractivity contribution in [2.75, 3.05) is 6.61 Å². The molecule has 1 aliphatic rings. The first kappa shape index (κ1) is 24.4. The quantitative estimate of drug-likeness (QED) is 0.217. The van der Waals surface area contributed by atoms with Gasteiger partial charge in [-0.05, 0) is 13.3 Å². The lowest BCUT2D eigenvalue weighted by Gasteiger charge is -2.44. The van der Waals surface area contributed by atoms with Crippen molar-refractivity contribution in [3.05, 3.63) is 0 Å². The summed E-state index contributed by atoms with van der Waals surface area (Å²) in [5, 5.41) is 49.1. The summed E-state index contributed by atoms with van der Waals surface area (Å²) in [5.41, 5.74) is 5.50. The summed E-state index contributed by atoms with van der Waals surface area (Å²) in [6.45, 7) is 1.99. The molecule has 1 heterocycles. The first-order chi connectivity index (χ1) is 12.9. The molecular formula is C17H29NO10. The molecule has 7 atom stereocenters. The zero-order valence-corrected chi connectivity index (χ0v) is 15.9. The second-order valence-electron chi connectivity index (χ2n) is 7.14. The van der Waals surface area contributed by atoms with E-state index in [-0.39, 0.29) is 19.3 Å². The Hall–Kier alpha value is -1.63. The van der Waals surface area contributed by atoms with Gasteiger partial charge < -0.3 is 40.7 Å². The largest absolute Gasteiger partial charge is 0.481 e. The lowest BCUT2D eigenvalue weighted by Crippen LogP contribution is -2.58. The molecule has 0 bridgehead atoms. The molecule has 1 aliphatic heterocycles. The average molecular weight is 407 g/mol. The van der Waals surface area contributed by atoms with Crippen LogP contribution in [0.3, 0.4) is 0 Å². The lowest BCUT2D eigenvalue weighted by atomic mass is 9.81. The summed E-state index contributed by atoms with van der Waals surface area (Å²) >= 11 is 0. The van der Waals surface area contributed by atoms with Crippen LogP contribution in [0.5, 0.6) is 0 Å². The highest BCUT2D eigenvalue weighted by Gasteiger charge is 2.50. The molecule has 0 radical (unpaired) electrons. The van der Waals surface area contributed by atoms with Crippen LogP contribution in [0.2, 0.25) is 0 Å². The van der Waals surface area contributed by atoms with E-state index < -0.39 is 72.9 Å². The topological polar surface area (TPSA) is 197 Å². The number of carbonyl (C=O) groups excluding carboxylic acids is 2. The third kappa shape index (κ3) is 6.76. The maximum Gasteiger partial charge on any atom is 0.323 e. The second kappa shape index (κ2) is 10.2. The van der Waals surface area contributed by atoms with Gasteiger partial charge in [0.1, 0.15) is 12.6 Å². The fraction of sp³-hybridized carbons (Fsp3) is 0.824. The number of rotatable bonds is 10. The van der Waals surface area contributed by atoms with E-state index in [4.69, 9.17) is 20.3 Å². The van der Waals surface area contributed by atoms with Gasteiger partial charge in [0.25, 0.3) is 0 Å². The van der Waals surface area contributed by atoms with Gasteiger partial charge in [0, 0.05) is 32.1 Å². The Labute approximate surface area is 162 Å². The van der Waals surface area contributed by atoms with Crippen LogP contribution in [0.4, 0.5) is 0 Å². The first-order valence-corrected chi connectivity index (χ1v) is 8.96. The number of carboxylic acid groups (broad SMARTS) is 1. The Bertz CT molecular complexity index is 568. The number of hydrogen-bond acceptors (Lipinski definition) is 10. The van der Waals surface area contributed by atoms with Crippen LogP contribution < -0.4 is 5.73 Å². The fourth-order valence-corrected chi connectivity index (χ4v) is 3.13. The summed E-state index contributed by atoms with van der Waals surface area (Å²) in [6, 6.07) is -1.16. The third-order valence-corrected chi connectivity index (χ3v) is 4.71. The highest BCUT2D eigenvalue weighted by molar-refractivity contribution is 5.83. The summed E-state index contributed by atoms with van der Waals surface area (Å²) < 4.78 is 10.2. The highest BCUT2D eigenvalue weighted by atomic mass is 16.6. The van der Waals surface area contributed by atoms with Gasteiger partial charge in [0.2, 0.25) is 5.79 Å². The molecule has 0 aromatic carbocycles. The molecule has 0 spiro atoms. The average Bonchev–Trinajstić information content (AvgIpc) is 2.56. The van der Waals surface area contributed by atoms with Crippen LogP contribution in [0.1, 0.15) is 39.5 Å². The van der Waals surface area contributed by atoms with Gasteiger partial charge in [0.05, 0.1) is 24.4 Å². The van der Waals surface area contributed by atoms with Crippen molar-refractivity contribution >= 4 is 17.7 Å². The van der Waals surface area contributed by atoms with Crippen LogP contribution >= 0.6 is 0 Å². The number of ketones is 1. The van der Waals surface area contributed by atoms with Gasteiger partial charge in [-0.15, -0.1) is 0 Å². The Kier molecular flexibility index (Phi) is 8.92. The number of carbonyl (C=O) groups is 3. The van der Waals surface area contributed by atoms with Gasteiger partial charge in [-0.3, -0.25) is 14.4 Å². The minimum absolute atomic E-state index is 0.127. The second-order valence-corrected chi connectivity index (χ2v) is 7.14. The molecule has 7 N–H and O–H groups in total. The number of aliphatic carboxylic acids is 1. The van der Waals surface area contributed by atoms with Crippen LogP contribution in [-0.4, -0.2) is 86.1 Å². The van der Waals surface area contributed by atoms with Crippen molar-refractivity contribution in [3.63, 3.8) is 0 Å². The Balaban J connectivity index is 2.67. The van der Waals surface area contributed by atoms with Gasteiger partial charge in [-0.25, -0.2) is 0 Å². The van der Waals surface area contributed by atoms with Gasteiger partial charge in [-0.1, -0.05) is 0 Å². The lowest BCUT2D eigenvalue weighted by molar-refractivity contribution is -0.285. The number of carboxylic acids is 1. The van der Waals surface area contributed by atoms with E-state index in [1.54, 1.807) is 0 Å². The smallest absolute Gasteiger partial charge is 0.323 e. The molecule has 11 heteroatoms. The van der Waals surface area contributed by atoms with Crippen molar-refractivity contribution < 1.29 is 49.4 Å². The van der Waals surface area contributed by atoms with Gasteiger partial charge >= 0.3 is 11.9 Å². The number of aliphatic hydroxyl groups excluding tert-OH is 3. The SMILES string of the molecule is CC(=O)C1(O)CC(O)C(C(C)O)C(C[C@H](O)COC(=O)[C@H](N)CCC(=O)O)O1. The summed E-state index contributed by atoms with van der Waals surface area (Å²) in [6.07, 6.45) is -5.82. The molecule has 0 saturated carbocycles. The van der Waals surface area contributed by atoms with Gasteiger partial charge in [0.15, 0.2) is 5.78 Å². The molecule has 0 amide bonds. The van der Waals surface area contributed by atoms with Crippen LogP contribution in [0, 0.1) is 5.92 Å². The van der Waals surface area contributed by atoms with E-state index in [1.165, 1.54) is 6.92 Å². The number of esters is 1. The summed E-state index contributed by atoms with van der Waals surface area (Å²) in [4.78, 5) is 33.8. The monoisotopic (exact) mass is 407 g/mol. The zero-order valence-electron chi connectivity index (χ0n) is 15.9. The molecule has 0 aromatic heterocycles. The van der Waals surface area contributed by atoms with Crippen molar-refractivity contribution in [2.45, 2.75) is 75.8 Å². The minimum atomic E-state index is -2.24. The molecule has 0 aliphatic carbocycles. The van der Waals surface area contributed by atoms with Crippen molar-refractivity contribution in [1.29, 1.82) is 0 Å². The summed E-state index contributed by atoms with van der Waals surface area (Å²) in [7, 11) is 0. The number of nitrogens with two attached hydrogens (primary N) is 1. The first-order valence-electron chi connectivity index (χ1n) is 8.96. The van der Waals surface area contributed by atoms with Gasteiger partial charge in [-0.2, -0.15) is 0 Å². The molecule has 5 unspecified atom stereocenters. The van der Waals surface area contributed by atoms with E-state index in [9.17, 15) is 34.8 Å². The maximum absolute atomic E-state index is 11.7. The highest BCUT2D eigenvalue weighted by Crippen LogP contribution is 2.36. The van der Waals surface area contributed by atoms with E-state index in [0.717, 1.165) is 6.92 Å². The van der Waals surface area contributed by atoms with Crippen LogP contribution in [-0.2, 0) is 23.9 Å². The standard InChI is InChI=1S/C17H29NO10/c1-8(19)15-12(22)6-17(26,9(2)20)28-13(15)5-10(21)7-27-16(25)11(18)3-4-14(23)24/h8,10-13,15,19,21-22,26H,3-7,18H2,1-2H3,(H,23,24)/t8?,10-,11+,12?,13?,15?,17?/m0/s1. The van der Waals surface area contributed by atoms with E-state index >= 15 is 0 Å². The van der Waals surface area contributed by atoms with Crippen LogP contribution in [0.25, 0.3) is 0 Å². The Morgan fingerprint density at radius 2 is 1.93 bits per heavy atom. The maximum atomic E-state index is 11.7.